The number of nitrogens with one attached hydrogen (secondary N) is 1. The maximum Gasteiger partial charge on any atom is 0.224 e. The number of nitrogens with two attached hydrogens (primary N) is 1. The molecule has 0 aromatic heterocycles. The molecule has 2 aromatic rings. The van der Waals surface area contributed by atoms with Crippen molar-refractivity contribution in [3.63, 3.8) is 0 Å². The van der Waals surface area contributed by atoms with Crippen LogP contribution >= 0.6 is 0 Å². The smallest absolute Gasteiger partial charge is 0.224 e. The quantitative estimate of drug-likeness (QED) is 0.574. The average Bonchev–Trinajstić information content (AvgIpc) is 2.60. The van der Waals surface area contributed by atoms with Crippen LogP contribution in [0.2, 0.25) is 0 Å². The molecule has 0 aliphatic carbocycles. The van der Waals surface area contributed by atoms with Crippen LogP contribution in [0.4, 0.5) is 11.4 Å². The van der Waals surface area contributed by atoms with Crippen molar-refractivity contribution in [2.24, 2.45) is 0 Å². The van der Waals surface area contributed by atoms with E-state index in [4.69, 9.17) is 19.9 Å². The van der Waals surface area contributed by atoms with Crippen molar-refractivity contribution in [1.82, 2.24) is 0 Å². The summed E-state index contributed by atoms with van der Waals surface area (Å²) in [7, 11) is 3.12. The Hall–Kier alpha value is -2.89. The number of ether oxygens (including phenoxy) is 3. The van der Waals surface area contributed by atoms with Gasteiger partial charge in [0.2, 0.25) is 5.91 Å². The number of carbonyl (C=O) groups excluding carboxylic acids is 1. The molecule has 3 N–H and O–H groups in total. The Labute approximate surface area is 141 Å². The monoisotopic (exact) mass is 330 g/mol. The second-order valence-electron chi connectivity index (χ2n) is 5.11. The molecule has 128 valence electrons. The van der Waals surface area contributed by atoms with Crippen LogP contribution < -0.4 is 25.3 Å². The number of hydrogen-bond donors (Lipinski definition) is 2. The zero-order valence-electron chi connectivity index (χ0n) is 13.9. The van der Waals surface area contributed by atoms with Crippen LogP contribution in [0.3, 0.4) is 0 Å². The highest BCUT2D eigenvalue weighted by atomic mass is 16.5. The standard InChI is InChI=1S/C18H22N2O4/c1-22-16-10-9-13(12-17(16)23-2)20-18(21)8-5-11-24-15-7-4-3-6-14(15)19/h3-4,6-7,9-10,12H,5,8,11,19H2,1-2H3,(H,20,21). The summed E-state index contributed by atoms with van der Waals surface area (Å²) in [6.45, 7) is 0.424. The molecule has 6 nitrogen and oxygen atoms in total. The summed E-state index contributed by atoms with van der Waals surface area (Å²) >= 11 is 0. The molecule has 24 heavy (non-hydrogen) atoms. The first kappa shape index (κ1) is 17.5. The molecular weight excluding hydrogens is 308 g/mol. The lowest BCUT2D eigenvalue weighted by molar-refractivity contribution is -0.116. The molecule has 2 aromatic carbocycles. The maximum absolute atomic E-state index is 12.0. The number of carbonyl (C=O) groups is 1. The van der Waals surface area contributed by atoms with Crippen molar-refractivity contribution in [2.75, 3.05) is 31.9 Å². The van der Waals surface area contributed by atoms with Crippen LogP contribution in [-0.4, -0.2) is 26.7 Å². The fourth-order valence-corrected chi connectivity index (χ4v) is 2.16. The van der Waals surface area contributed by atoms with E-state index in [0.29, 0.717) is 48.1 Å². The zero-order valence-corrected chi connectivity index (χ0v) is 13.9. The largest absolute Gasteiger partial charge is 0.493 e. The number of amides is 1. The first-order chi connectivity index (χ1) is 11.6. The lowest BCUT2D eigenvalue weighted by atomic mass is 10.2. The lowest BCUT2D eigenvalue weighted by Gasteiger charge is -2.11. The van der Waals surface area contributed by atoms with Crippen LogP contribution in [0.25, 0.3) is 0 Å². The number of para-hydroxylation sites is 2. The van der Waals surface area contributed by atoms with E-state index in [1.807, 2.05) is 12.1 Å². The van der Waals surface area contributed by atoms with E-state index < -0.39 is 0 Å². The molecule has 0 spiro atoms. The molecule has 0 bridgehead atoms. The third-order valence-electron chi connectivity index (χ3n) is 3.39. The number of benzene rings is 2. The fraction of sp³-hybridized carbons (Fsp3) is 0.278. The molecule has 0 unspecified atom stereocenters. The van der Waals surface area contributed by atoms with E-state index in [2.05, 4.69) is 5.32 Å². The molecule has 0 aliphatic heterocycles. The Kier molecular flexibility index (Phi) is 6.31. The minimum Gasteiger partial charge on any atom is -0.493 e. The predicted molar refractivity (Wildman–Crippen MR) is 93.8 cm³/mol. The summed E-state index contributed by atoms with van der Waals surface area (Å²) < 4.78 is 15.9. The summed E-state index contributed by atoms with van der Waals surface area (Å²) in [6, 6.07) is 12.5. The SMILES string of the molecule is COc1ccc(NC(=O)CCCOc2ccccc2N)cc1OC. The van der Waals surface area contributed by atoms with Crippen molar-refractivity contribution >= 4 is 17.3 Å². The topological polar surface area (TPSA) is 82.8 Å². The number of hydrogen-bond acceptors (Lipinski definition) is 5. The lowest BCUT2D eigenvalue weighted by Crippen LogP contribution is -2.13. The van der Waals surface area contributed by atoms with E-state index in [1.54, 1.807) is 44.6 Å². The van der Waals surface area contributed by atoms with Crippen LogP contribution in [-0.2, 0) is 4.79 Å². The molecule has 0 heterocycles. The van der Waals surface area contributed by atoms with Crippen molar-refractivity contribution in [3.8, 4) is 17.2 Å². The summed E-state index contributed by atoms with van der Waals surface area (Å²) in [5.74, 6) is 1.73. The Morgan fingerprint density at radius 2 is 1.79 bits per heavy atom. The van der Waals surface area contributed by atoms with E-state index in [9.17, 15) is 4.79 Å². The van der Waals surface area contributed by atoms with Gasteiger partial charge in [0, 0.05) is 18.2 Å². The molecular formula is C18H22N2O4. The molecule has 0 aliphatic rings. The van der Waals surface area contributed by atoms with Crippen molar-refractivity contribution in [3.05, 3.63) is 42.5 Å². The van der Waals surface area contributed by atoms with Gasteiger partial charge in [0.1, 0.15) is 5.75 Å². The van der Waals surface area contributed by atoms with Gasteiger partial charge in [-0.25, -0.2) is 0 Å². The Morgan fingerprint density at radius 1 is 1.04 bits per heavy atom. The second-order valence-corrected chi connectivity index (χ2v) is 5.11. The van der Waals surface area contributed by atoms with Crippen LogP contribution in [0.5, 0.6) is 17.2 Å². The fourth-order valence-electron chi connectivity index (χ4n) is 2.16. The predicted octanol–water partition coefficient (Wildman–Crippen LogP) is 3.08. The minimum absolute atomic E-state index is 0.0909. The van der Waals surface area contributed by atoms with Gasteiger partial charge in [-0.3, -0.25) is 4.79 Å². The molecule has 0 saturated carbocycles. The van der Waals surface area contributed by atoms with E-state index in [1.165, 1.54) is 0 Å². The van der Waals surface area contributed by atoms with Crippen molar-refractivity contribution < 1.29 is 19.0 Å². The van der Waals surface area contributed by atoms with E-state index in [0.717, 1.165) is 0 Å². The van der Waals surface area contributed by atoms with Gasteiger partial charge >= 0.3 is 0 Å². The van der Waals surface area contributed by atoms with Crippen LogP contribution in [0.1, 0.15) is 12.8 Å². The highest BCUT2D eigenvalue weighted by Gasteiger charge is 2.07. The van der Waals surface area contributed by atoms with E-state index >= 15 is 0 Å². The Balaban J connectivity index is 1.78. The van der Waals surface area contributed by atoms with Gasteiger partial charge in [-0.15, -0.1) is 0 Å². The maximum atomic E-state index is 12.0. The normalized spacial score (nSPS) is 10.1. The highest BCUT2D eigenvalue weighted by molar-refractivity contribution is 5.91. The number of nitrogen functional groups attached to an aromatic ring is 1. The number of anilines is 2. The van der Waals surface area contributed by atoms with Crippen LogP contribution in [0.15, 0.2) is 42.5 Å². The first-order valence-electron chi connectivity index (χ1n) is 7.63. The van der Waals surface area contributed by atoms with Gasteiger partial charge in [0.05, 0.1) is 26.5 Å². The van der Waals surface area contributed by atoms with Crippen LogP contribution in [0, 0.1) is 0 Å². The van der Waals surface area contributed by atoms with E-state index in [-0.39, 0.29) is 5.91 Å². The van der Waals surface area contributed by atoms with Gasteiger partial charge in [-0.1, -0.05) is 12.1 Å². The zero-order chi connectivity index (χ0) is 17.4. The summed E-state index contributed by atoms with van der Waals surface area (Å²) in [4.78, 5) is 12.0. The van der Waals surface area contributed by atoms with Gasteiger partial charge in [0.15, 0.2) is 11.5 Å². The molecule has 6 heteroatoms. The van der Waals surface area contributed by atoms with Gasteiger partial charge < -0.3 is 25.3 Å². The van der Waals surface area contributed by atoms with Crippen molar-refractivity contribution in [1.29, 1.82) is 0 Å². The molecule has 0 atom stereocenters. The first-order valence-corrected chi connectivity index (χ1v) is 7.63. The summed E-state index contributed by atoms with van der Waals surface area (Å²) in [6.07, 6.45) is 0.939. The molecule has 2 rings (SSSR count). The van der Waals surface area contributed by atoms with Gasteiger partial charge in [-0.05, 0) is 30.7 Å². The molecule has 0 radical (unpaired) electrons. The third kappa shape index (κ3) is 4.81. The van der Waals surface area contributed by atoms with Gasteiger partial charge in [-0.2, -0.15) is 0 Å². The molecule has 1 amide bonds. The Morgan fingerprint density at radius 3 is 2.50 bits per heavy atom. The minimum atomic E-state index is -0.0909. The molecule has 0 fully saturated rings. The number of rotatable bonds is 8. The third-order valence-corrected chi connectivity index (χ3v) is 3.39. The summed E-state index contributed by atoms with van der Waals surface area (Å²) in [5.41, 5.74) is 7.04. The van der Waals surface area contributed by atoms with Crippen molar-refractivity contribution in [2.45, 2.75) is 12.8 Å². The number of methoxy groups -OCH3 is 2. The summed E-state index contributed by atoms with van der Waals surface area (Å²) in [5, 5.41) is 2.82. The highest BCUT2D eigenvalue weighted by Crippen LogP contribution is 2.29. The Bertz CT molecular complexity index is 688. The molecule has 0 saturated heterocycles. The second kappa shape index (κ2) is 8.67. The van der Waals surface area contributed by atoms with Gasteiger partial charge in [0.25, 0.3) is 0 Å². The average molecular weight is 330 g/mol.